The minimum absolute atomic E-state index is 0.0575. The number of amidine groups is 1. The lowest BCUT2D eigenvalue weighted by molar-refractivity contribution is -0.116. The molecule has 0 aromatic heterocycles. The van der Waals surface area contributed by atoms with Crippen LogP contribution < -0.4 is 14.8 Å². The number of carbonyl (C=O) groups excluding carboxylic acids is 1. The third kappa shape index (κ3) is 3.25. The molecule has 0 saturated carbocycles. The van der Waals surface area contributed by atoms with Crippen molar-refractivity contribution in [1.29, 1.82) is 0 Å². The minimum atomic E-state index is -0.0575. The number of hydrogen-bond acceptors (Lipinski definition) is 6. The fourth-order valence-corrected chi connectivity index (χ4v) is 2.17. The Bertz CT molecular complexity index is 543. The summed E-state index contributed by atoms with van der Waals surface area (Å²) >= 11 is 1.32. The molecule has 0 aliphatic carbocycles. The van der Waals surface area contributed by atoms with Gasteiger partial charge in [-0.25, -0.2) is 0 Å². The van der Waals surface area contributed by atoms with Crippen molar-refractivity contribution < 1.29 is 14.3 Å². The first-order chi connectivity index (χ1) is 9.24. The SMILES string of the molecule is COc1cccc(/C=N/N=C2/NC(=O)CS2)c1OC. The Morgan fingerprint density at radius 3 is 2.84 bits per heavy atom. The summed E-state index contributed by atoms with van der Waals surface area (Å²) in [6.07, 6.45) is 1.55. The third-order valence-electron chi connectivity index (χ3n) is 2.37. The number of ether oxygens (including phenoxy) is 2. The van der Waals surface area contributed by atoms with E-state index >= 15 is 0 Å². The summed E-state index contributed by atoms with van der Waals surface area (Å²) in [6.45, 7) is 0. The van der Waals surface area contributed by atoms with Crippen molar-refractivity contribution in [2.75, 3.05) is 20.0 Å². The van der Waals surface area contributed by atoms with Gasteiger partial charge in [0.2, 0.25) is 5.91 Å². The largest absolute Gasteiger partial charge is 0.493 e. The molecule has 1 aliphatic heterocycles. The quantitative estimate of drug-likeness (QED) is 0.665. The lowest BCUT2D eigenvalue weighted by Gasteiger charge is -2.08. The monoisotopic (exact) mass is 279 g/mol. The van der Waals surface area contributed by atoms with Crippen molar-refractivity contribution in [1.82, 2.24) is 5.32 Å². The van der Waals surface area contributed by atoms with E-state index in [-0.39, 0.29) is 5.91 Å². The second-order valence-corrected chi connectivity index (χ2v) is 4.53. The molecule has 1 amide bonds. The highest BCUT2D eigenvalue weighted by atomic mass is 32.2. The Balaban J connectivity index is 2.17. The highest BCUT2D eigenvalue weighted by Gasteiger charge is 2.16. The van der Waals surface area contributed by atoms with Crippen molar-refractivity contribution in [2.45, 2.75) is 0 Å². The van der Waals surface area contributed by atoms with E-state index in [0.29, 0.717) is 22.4 Å². The van der Waals surface area contributed by atoms with Gasteiger partial charge in [-0.1, -0.05) is 17.8 Å². The van der Waals surface area contributed by atoms with Gasteiger partial charge in [-0.3, -0.25) is 4.79 Å². The molecule has 6 nitrogen and oxygen atoms in total. The highest BCUT2D eigenvalue weighted by molar-refractivity contribution is 8.15. The van der Waals surface area contributed by atoms with Crippen molar-refractivity contribution in [2.24, 2.45) is 10.2 Å². The van der Waals surface area contributed by atoms with Crippen LogP contribution in [0.1, 0.15) is 5.56 Å². The number of thioether (sulfide) groups is 1. The molecule has 1 aliphatic rings. The molecule has 1 aromatic rings. The maximum atomic E-state index is 11.0. The average Bonchev–Trinajstić information content (AvgIpc) is 2.84. The van der Waals surface area contributed by atoms with Crippen LogP contribution in [0.15, 0.2) is 28.4 Å². The summed E-state index contributed by atoms with van der Waals surface area (Å²) in [6, 6.07) is 5.47. The average molecular weight is 279 g/mol. The number of amides is 1. The molecule has 1 saturated heterocycles. The van der Waals surface area contributed by atoms with Crippen LogP contribution in [-0.4, -0.2) is 37.3 Å². The molecule has 0 atom stereocenters. The van der Waals surface area contributed by atoms with E-state index in [0.717, 1.165) is 5.56 Å². The Hall–Kier alpha value is -2.02. The van der Waals surface area contributed by atoms with Gasteiger partial charge in [0, 0.05) is 5.56 Å². The van der Waals surface area contributed by atoms with E-state index in [1.165, 1.54) is 11.8 Å². The van der Waals surface area contributed by atoms with Gasteiger partial charge in [0.25, 0.3) is 0 Å². The molecule has 7 heteroatoms. The maximum Gasteiger partial charge on any atom is 0.236 e. The zero-order valence-electron chi connectivity index (χ0n) is 10.5. The standard InChI is InChI=1S/C12H13N3O3S/c1-17-9-5-3-4-8(11(9)18-2)6-13-15-12-14-10(16)7-19-12/h3-6H,7H2,1-2H3,(H,14,15,16)/b13-6+. The van der Waals surface area contributed by atoms with Gasteiger partial charge in [-0.15, -0.1) is 5.10 Å². The zero-order valence-corrected chi connectivity index (χ0v) is 11.4. The van der Waals surface area contributed by atoms with Crippen molar-refractivity contribution >= 4 is 29.1 Å². The fraction of sp³-hybridized carbons (Fsp3) is 0.250. The predicted octanol–water partition coefficient (Wildman–Crippen LogP) is 1.26. The molecule has 2 rings (SSSR count). The second-order valence-electron chi connectivity index (χ2n) is 3.57. The summed E-state index contributed by atoms with van der Waals surface area (Å²) < 4.78 is 10.5. The Labute approximate surface area is 114 Å². The molecule has 19 heavy (non-hydrogen) atoms. The summed E-state index contributed by atoms with van der Waals surface area (Å²) in [7, 11) is 3.14. The molecule has 1 aromatic carbocycles. The van der Waals surface area contributed by atoms with Crippen LogP contribution in [0.5, 0.6) is 11.5 Å². The Morgan fingerprint density at radius 2 is 2.21 bits per heavy atom. The fourth-order valence-electron chi connectivity index (χ4n) is 1.54. The minimum Gasteiger partial charge on any atom is -0.493 e. The number of para-hydroxylation sites is 1. The van der Waals surface area contributed by atoms with Gasteiger partial charge in [-0.2, -0.15) is 5.10 Å². The molecule has 0 unspecified atom stereocenters. The van der Waals surface area contributed by atoms with E-state index in [2.05, 4.69) is 15.5 Å². The smallest absolute Gasteiger partial charge is 0.236 e. The number of hydrogen-bond donors (Lipinski definition) is 1. The number of nitrogens with zero attached hydrogens (tertiary/aromatic N) is 2. The summed E-state index contributed by atoms with van der Waals surface area (Å²) in [5.74, 6) is 1.55. The van der Waals surface area contributed by atoms with E-state index in [1.807, 2.05) is 12.1 Å². The van der Waals surface area contributed by atoms with E-state index < -0.39 is 0 Å². The molecule has 1 N–H and O–H groups in total. The van der Waals surface area contributed by atoms with E-state index in [9.17, 15) is 4.79 Å². The number of rotatable bonds is 4. The van der Waals surface area contributed by atoms with Gasteiger partial charge < -0.3 is 14.8 Å². The Morgan fingerprint density at radius 1 is 1.37 bits per heavy atom. The Kier molecular flexibility index (Phi) is 4.40. The van der Waals surface area contributed by atoms with Crippen LogP contribution in [0.25, 0.3) is 0 Å². The first kappa shape index (κ1) is 13.4. The highest BCUT2D eigenvalue weighted by Crippen LogP contribution is 2.29. The lowest BCUT2D eigenvalue weighted by Crippen LogP contribution is -2.19. The van der Waals surface area contributed by atoms with Gasteiger partial charge in [0.1, 0.15) is 0 Å². The van der Waals surface area contributed by atoms with Crippen LogP contribution in [0.4, 0.5) is 0 Å². The molecule has 0 bridgehead atoms. The van der Waals surface area contributed by atoms with Gasteiger partial charge in [-0.05, 0) is 12.1 Å². The number of carbonyl (C=O) groups is 1. The second kappa shape index (κ2) is 6.24. The van der Waals surface area contributed by atoms with Crippen LogP contribution in [0.3, 0.4) is 0 Å². The number of nitrogens with one attached hydrogen (secondary N) is 1. The number of benzene rings is 1. The van der Waals surface area contributed by atoms with E-state index in [4.69, 9.17) is 9.47 Å². The van der Waals surface area contributed by atoms with Crippen molar-refractivity contribution in [3.63, 3.8) is 0 Å². The molecule has 100 valence electrons. The van der Waals surface area contributed by atoms with Crippen LogP contribution in [0.2, 0.25) is 0 Å². The number of methoxy groups -OCH3 is 2. The van der Waals surface area contributed by atoms with Crippen LogP contribution in [-0.2, 0) is 4.79 Å². The van der Waals surface area contributed by atoms with E-state index in [1.54, 1.807) is 26.5 Å². The molecule has 1 heterocycles. The normalized spacial score (nSPS) is 16.9. The van der Waals surface area contributed by atoms with Crippen molar-refractivity contribution in [3.05, 3.63) is 23.8 Å². The van der Waals surface area contributed by atoms with Crippen LogP contribution >= 0.6 is 11.8 Å². The molecular formula is C12H13N3O3S. The maximum absolute atomic E-state index is 11.0. The molecule has 0 spiro atoms. The third-order valence-corrected chi connectivity index (χ3v) is 3.23. The van der Waals surface area contributed by atoms with Gasteiger partial charge in [0.15, 0.2) is 16.7 Å². The topological polar surface area (TPSA) is 72.3 Å². The predicted molar refractivity (Wildman–Crippen MR) is 75.2 cm³/mol. The first-order valence-corrected chi connectivity index (χ1v) is 6.48. The summed E-state index contributed by atoms with van der Waals surface area (Å²) in [5, 5.41) is 11.0. The van der Waals surface area contributed by atoms with Gasteiger partial charge in [0.05, 0.1) is 26.2 Å². The van der Waals surface area contributed by atoms with Crippen LogP contribution in [0, 0.1) is 0 Å². The summed E-state index contributed by atoms with van der Waals surface area (Å²) in [4.78, 5) is 11.0. The lowest BCUT2D eigenvalue weighted by atomic mass is 10.2. The first-order valence-electron chi connectivity index (χ1n) is 5.49. The van der Waals surface area contributed by atoms with Crippen molar-refractivity contribution in [3.8, 4) is 11.5 Å². The molecular weight excluding hydrogens is 266 g/mol. The zero-order chi connectivity index (χ0) is 13.7. The van der Waals surface area contributed by atoms with Gasteiger partial charge >= 0.3 is 0 Å². The summed E-state index contributed by atoms with van der Waals surface area (Å²) in [5.41, 5.74) is 0.750. The molecule has 1 fully saturated rings. The molecule has 0 radical (unpaired) electrons.